The van der Waals surface area contributed by atoms with E-state index in [9.17, 15) is 14.9 Å². The van der Waals surface area contributed by atoms with Crippen LogP contribution in [0.15, 0.2) is 33.6 Å². The lowest BCUT2D eigenvalue weighted by Gasteiger charge is -1.93. The number of nitrogens with zero attached hydrogens (tertiary/aromatic N) is 2. The Kier molecular flexibility index (Phi) is 2.03. The van der Waals surface area contributed by atoms with Gasteiger partial charge in [0.25, 0.3) is 11.6 Å². The van der Waals surface area contributed by atoms with Crippen LogP contribution < -0.4 is 5.76 Å². The van der Waals surface area contributed by atoms with Gasteiger partial charge in [0.15, 0.2) is 0 Å². The molecule has 0 spiro atoms. The highest BCUT2D eigenvalue weighted by molar-refractivity contribution is 5.94. The number of nitrogens with one attached hydrogen (secondary N) is 2. The number of benzene rings is 1. The summed E-state index contributed by atoms with van der Waals surface area (Å²) in [6.45, 7) is 0. The smallest absolute Gasteiger partial charge is 0.388 e. The first-order valence-corrected chi connectivity index (χ1v) is 4.96. The third-order valence-electron chi connectivity index (χ3n) is 2.54. The Morgan fingerprint density at radius 3 is 2.89 bits per heavy atom. The van der Waals surface area contributed by atoms with E-state index in [-0.39, 0.29) is 11.6 Å². The molecule has 2 heterocycles. The van der Waals surface area contributed by atoms with Crippen molar-refractivity contribution in [3.63, 3.8) is 0 Å². The Labute approximate surface area is 98.4 Å². The molecule has 2 aromatic heterocycles. The van der Waals surface area contributed by atoms with Gasteiger partial charge < -0.3 is 9.40 Å². The molecule has 0 aliphatic rings. The largest absolute Gasteiger partial charge is 0.434 e. The van der Waals surface area contributed by atoms with Crippen molar-refractivity contribution in [3.8, 4) is 11.5 Å². The summed E-state index contributed by atoms with van der Waals surface area (Å²) in [7, 11) is 0. The van der Waals surface area contributed by atoms with Gasteiger partial charge in [0, 0.05) is 23.7 Å². The fraction of sp³-hybridized carbons (Fsp3) is 0. The SMILES string of the molecule is O=c1[nH]nc(-c2c[nH]c3cc([N+](=O)[O-])ccc23)o1. The van der Waals surface area contributed by atoms with Gasteiger partial charge in [-0.2, -0.15) is 0 Å². The minimum absolute atomic E-state index is 0.0145. The molecule has 0 aliphatic carbocycles. The highest BCUT2D eigenvalue weighted by Crippen LogP contribution is 2.28. The molecule has 0 saturated carbocycles. The summed E-state index contributed by atoms with van der Waals surface area (Å²) in [5.74, 6) is -0.513. The highest BCUT2D eigenvalue weighted by Gasteiger charge is 2.14. The van der Waals surface area contributed by atoms with Crippen LogP contribution in [0.25, 0.3) is 22.4 Å². The molecule has 1 aromatic carbocycles. The van der Waals surface area contributed by atoms with Crippen LogP contribution in [0, 0.1) is 10.1 Å². The predicted molar refractivity (Wildman–Crippen MR) is 61.1 cm³/mol. The van der Waals surface area contributed by atoms with Crippen molar-refractivity contribution in [2.75, 3.05) is 0 Å². The van der Waals surface area contributed by atoms with Gasteiger partial charge in [-0.1, -0.05) is 0 Å². The number of aromatic nitrogens is 3. The molecule has 0 fully saturated rings. The van der Waals surface area contributed by atoms with E-state index in [1.165, 1.54) is 12.1 Å². The van der Waals surface area contributed by atoms with E-state index in [0.717, 1.165) is 0 Å². The van der Waals surface area contributed by atoms with Crippen molar-refractivity contribution in [2.45, 2.75) is 0 Å². The molecule has 8 nitrogen and oxygen atoms in total. The molecular weight excluding hydrogens is 240 g/mol. The first-order valence-electron chi connectivity index (χ1n) is 4.96. The third-order valence-corrected chi connectivity index (χ3v) is 2.54. The van der Waals surface area contributed by atoms with Gasteiger partial charge in [-0.15, -0.1) is 5.10 Å². The summed E-state index contributed by atoms with van der Waals surface area (Å²) in [5, 5.41) is 17.2. The molecule has 3 rings (SSSR count). The summed E-state index contributed by atoms with van der Waals surface area (Å²) in [6.07, 6.45) is 1.58. The quantitative estimate of drug-likeness (QED) is 0.523. The zero-order valence-electron chi connectivity index (χ0n) is 8.84. The van der Waals surface area contributed by atoms with Crippen molar-refractivity contribution >= 4 is 16.6 Å². The molecular formula is C10H6N4O4. The van der Waals surface area contributed by atoms with Crippen molar-refractivity contribution < 1.29 is 9.34 Å². The number of rotatable bonds is 2. The zero-order chi connectivity index (χ0) is 12.7. The lowest BCUT2D eigenvalue weighted by molar-refractivity contribution is -0.384. The molecule has 2 N–H and O–H groups in total. The molecule has 0 radical (unpaired) electrons. The van der Waals surface area contributed by atoms with Crippen molar-refractivity contribution in [1.29, 1.82) is 0 Å². The first-order chi connectivity index (χ1) is 8.65. The van der Waals surface area contributed by atoms with Crippen LogP contribution in [0.5, 0.6) is 0 Å². The number of nitro benzene ring substituents is 1. The Bertz CT molecular complexity index is 797. The monoisotopic (exact) mass is 246 g/mol. The molecule has 0 aliphatic heterocycles. The number of H-pyrrole nitrogens is 2. The second-order valence-electron chi connectivity index (χ2n) is 3.61. The lowest BCUT2D eigenvalue weighted by atomic mass is 10.1. The number of hydrogen-bond donors (Lipinski definition) is 2. The minimum atomic E-state index is -0.652. The van der Waals surface area contributed by atoms with E-state index in [1.807, 2.05) is 0 Å². The summed E-state index contributed by atoms with van der Waals surface area (Å²) in [4.78, 5) is 23.9. The zero-order valence-corrected chi connectivity index (χ0v) is 8.84. The van der Waals surface area contributed by atoms with Crippen LogP contribution in [0.2, 0.25) is 0 Å². The Morgan fingerprint density at radius 1 is 1.39 bits per heavy atom. The average Bonchev–Trinajstić information content (AvgIpc) is 2.93. The number of hydrogen-bond acceptors (Lipinski definition) is 5. The van der Waals surface area contributed by atoms with Crippen molar-refractivity contribution in [1.82, 2.24) is 15.2 Å². The molecule has 0 amide bonds. The maximum Gasteiger partial charge on any atom is 0.434 e. The maximum atomic E-state index is 10.9. The second kappa shape index (κ2) is 3.55. The summed E-state index contributed by atoms with van der Waals surface area (Å²) in [5.41, 5.74) is 1.13. The fourth-order valence-electron chi connectivity index (χ4n) is 1.75. The Balaban J connectivity index is 2.21. The fourth-order valence-corrected chi connectivity index (χ4v) is 1.75. The van der Waals surface area contributed by atoms with Crippen LogP contribution in [0.4, 0.5) is 5.69 Å². The van der Waals surface area contributed by atoms with Gasteiger partial charge >= 0.3 is 5.76 Å². The molecule has 0 unspecified atom stereocenters. The number of nitro groups is 1. The molecule has 18 heavy (non-hydrogen) atoms. The molecule has 8 heteroatoms. The van der Waals surface area contributed by atoms with Gasteiger partial charge in [-0.05, 0) is 6.07 Å². The van der Waals surface area contributed by atoms with Crippen LogP contribution in [-0.4, -0.2) is 20.1 Å². The third kappa shape index (κ3) is 1.47. The topological polar surface area (TPSA) is 118 Å². The maximum absolute atomic E-state index is 10.9. The number of fused-ring (bicyclic) bond motifs is 1. The molecule has 3 aromatic rings. The second-order valence-corrected chi connectivity index (χ2v) is 3.61. The van der Waals surface area contributed by atoms with E-state index in [1.54, 1.807) is 12.3 Å². The van der Waals surface area contributed by atoms with Crippen molar-refractivity contribution in [3.05, 3.63) is 45.1 Å². The van der Waals surface area contributed by atoms with E-state index < -0.39 is 10.7 Å². The standard InChI is InChI=1S/C10H6N4O4/c15-10-13-12-9(18-10)7-4-11-8-3-5(14(16)17)1-2-6(7)8/h1-4,11H,(H,13,15). The Morgan fingerprint density at radius 2 is 2.22 bits per heavy atom. The molecule has 0 saturated heterocycles. The van der Waals surface area contributed by atoms with Gasteiger partial charge in [0.1, 0.15) is 0 Å². The van der Waals surface area contributed by atoms with Gasteiger partial charge in [-0.25, -0.2) is 9.89 Å². The van der Waals surface area contributed by atoms with E-state index in [0.29, 0.717) is 16.5 Å². The van der Waals surface area contributed by atoms with Gasteiger partial charge in [0.2, 0.25) is 0 Å². The lowest BCUT2D eigenvalue weighted by Crippen LogP contribution is -1.93. The highest BCUT2D eigenvalue weighted by atomic mass is 16.6. The van der Waals surface area contributed by atoms with Crippen LogP contribution in [0.3, 0.4) is 0 Å². The minimum Gasteiger partial charge on any atom is -0.388 e. The van der Waals surface area contributed by atoms with E-state index >= 15 is 0 Å². The molecule has 90 valence electrons. The van der Waals surface area contributed by atoms with Crippen LogP contribution >= 0.6 is 0 Å². The molecule has 0 atom stereocenters. The summed E-state index contributed by atoms with van der Waals surface area (Å²) in [6, 6.07) is 4.36. The number of non-ortho nitro benzene ring substituents is 1. The van der Waals surface area contributed by atoms with Crippen LogP contribution in [0.1, 0.15) is 0 Å². The normalized spacial score (nSPS) is 10.9. The molecule has 0 bridgehead atoms. The van der Waals surface area contributed by atoms with Gasteiger partial charge in [0.05, 0.1) is 16.0 Å². The number of aromatic amines is 2. The average molecular weight is 246 g/mol. The summed E-state index contributed by atoms with van der Waals surface area (Å²) < 4.78 is 4.84. The van der Waals surface area contributed by atoms with Crippen LogP contribution in [-0.2, 0) is 0 Å². The predicted octanol–water partition coefficient (Wildman–Crippen LogP) is 1.42. The summed E-state index contributed by atoms with van der Waals surface area (Å²) >= 11 is 0. The van der Waals surface area contributed by atoms with Crippen molar-refractivity contribution in [2.24, 2.45) is 0 Å². The van der Waals surface area contributed by atoms with E-state index in [2.05, 4.69) is 15.2 Å². The van der Waals surface area contributed by atoms with Gasteiger partial charge in [-0.3, -0.25) is 10.1 Å². The van der Waals surface area contributed by atoms with E-state index in [4.69, 9.17) is 4.42 Å². The Hall–Kier alpha value is -2.90. The first kappa shape index (κ1) is 10.3.